The van der Waals surface area contributed by atoms with Gasteiger partial charge in [-0.05, 0) is 17.7 Å². The van der Waals surface area contributed by atoms with Crippen LogP contribution in [-0.4, -0.2) is 22.1 Å². The van der Waals surface area contributed by atoms with Gasteiger partial charge in [-0.25, -0.2) is 4.79 Å². The van der Waals surface area contributed by atoms with Crippen molar-refractivity contribution in [3.63, 3.8) is 0 Å². The first kappa shape index (κ1) is 13.3. The molecule has 0 aliphatic rings. The van der Waals surface area contributed by atoms with Gasteiger partial charge in [-0.2, -0.15) is 0 Å². The molecule has 98 valence electrons. The fraction of sp³-hybridized carbons (Fsp3) is 0.0833. The number of carboxylic acids is 1. The van der Waals surface area contributed by atoms with Gasteiger partial charge in [-0.1, -0.05) is 33.2 Å². The van der Waals surface area contributed by atoms with Gasteiger partial charge >= 0.3 is 5.97 Å². The molecule has 0 spiro atoms. The number of amides is 1. The number of hydrogen-bond acceptors (Lipinski definition) is 4. The van der Waals surface area contributed by atoms with Crippen molar-refractivity contribution in [2.75, 3.05) is 0 Å². The molecule has 1 aromatic carbocycles. The quantitative estimate of drug-likeness (QED) is 0.898. The van der Waals surface area contributed by atoms with Crippen molar-refractivity contribution in [3.05, 3.63) is 51.8 Å². The number of aromatic nitrogens is 1. The largest absolute Gasteiger partial charge is 0.475 e. The summed E-state index contributed by atoms with van der Waals surface area (Å²) in [7, 11) is 0. The van der Waals surface area contributed by atoms with Crippen LogP contribution < -0.4 is 5.32 Å². The van der Waals surface area contributed by atoms with Gasteiger partial charge < -0.3 is 14.9 Å². The Balaban J connectivity index is 1.97. The molecule has 0 aliphatic heterocycles. The summed E-state index contributed by atoms with van der Waals surface area (Å²) in [5.74, 6) is -2.12. The Morgan fingerprint density at radius 1 is 1.32 bits per heavy atom. The van der Waals surface area contributed by atoms with E-state index in [0.29, 0.717) is 6.54 Å². The molecule has 7 heteroatoms. The van der Waals surface area contributed by atoms with Crippen molar-refractivity contribution in [3.8, 4) is 0 Å². The van der Waals surface area contributed by atoms with Crippen molar-refractivity contribution in [2.24, 2.45) is 0 Å². The molecular weight excluding hydrogens is 316 g/mol. The van der Waals surface area contributed by atoms with E-state index in [1.807, 2.05) is 24.3 Å². The monoisotopic (exact) mass is 324 g/mol. The summed E-state index contributed by atoms with van der Waals surface area (Å²) in [6.45, 7) is 0.321. The second-order valence-corrected chi connectivity index (χ2v) is 4.61. The van der Waals surface area contributed by atoms with E-state index in [1.54, 1.807) is 0 Å². The van der Waals surface area contributed by atoms with Gasteiger partial charge in [-0.3, -0.25) is 4.79 Å². The summed E-state index contributed by atoms with van der Waals surface area (Å²) >= 11 is 3.31. The van der Waals surface area contributed by atoms with Gasteiger partial charge in [0.25, 0.3) is 5.91 Å². The van der Waals surface area contributed by atoms with E-state index >= 15 is 0 Å². The number of nitrogens with one attached hydrogen (secondary N) is 1. The summed E-state index contributed by atoms with van der Waals surface area (Å²) in [5, 5.41) is 14.6. The standard InChI is InChI=1S/C12H9BrN2O4/c13-8-3-1-7(2-4-8)6-14-11(16)9-5-10(12(17)18)19-15-9/h1-5H,6H2,(H,14,16)(H,17,18). The van der Waals surface area contributed by atoms with Crippen LogP contribution in [-0.2, 0) is 6.54 Å². The van der Waals surface area contributed by atoms with E-state index in [1.165, 1.54) is 0 Å². The Kier molecular flexibility index (Phi) is 3.96. The second-order valence-electron chi connectivity index (χ2n) is 3.69. The van der Waals surface area contributed by atoms with Crippen LogP contribution in [0.2, 0.25) is 0 Å². The molecule has 19 heavy (non-hydrogen) atoms. The van der Waals surface area contributed by atoms with Crippen LogP contribution in [0.25, 0.3) is 0 Å². The van der Waals surface area contributed by atoms with Gasteiger partial charge in [0.15, 0.2) is 5.69 Å². The van der Waals surface area contributed by atoms with Crippen LogP contribution in [0.4, 0.5) is 0 Å². The molecule has 0 radical (unpaired) electrons. The van der Waals surface area contributed by atoms with Crippen LogP contribution in [0.3, 0.4) is 0 Å². The molecule has 0 saturated carbocycles. The van der Waals surface area contributed by atoms with Crippen molar-refractivity contribution in [1.29, 1.82) is 0 Å². The number of carbonyl (C=O) groups is 2. The lowest BCUT2D eigenvalue weighted by Gasteiger charge is -2.02. The molecule has 0 unspecified atom stereocenters. The van der Waals surface area contributed by atoms with Gasteiger partial charge in [-0.15, -0.1) is 0 Å². The van der Waals surface area contributed by atoms with Gasteiger partial charge in [0.05, 0.1) is 0 Å². The van der Waals surface area contributed by atoms with Crippen LogP contribution in [0.1, 0.15) is 26.6 Å². The molecule has 0 aliphatic carbocycles. The Labute approximate surface area is 116 Å². The number of aromatic carboxylic acids is 1. The molecule has 1 aromatic heterocycles. The lowest BCUT2D eigenvalue weighted by Crippen LogP contribution is -2.23. The minimum atomic E-state index is -1.26. The fourth-order valence-electron chi connectivity index (χ4n) is 1.36. The summed E-state index contributed by atoms with van der Waals surface area (Å²) in [6, 6.07) is 8.52. The van der Waals surface area contributed by atoms with Crippen LogP contribution >= 0.6 is 15.9 Å². The smallest absolute Gasteiger partial charge is 0.374 e. The van der Waals surface area contributed by atoms with E-state index in [-0.39, 0.29) is 11.5 Å². The van der Waals surface area contributed by atoms with Gasteiger partial charge in [0.2, 0.25) is 5.76 Å². The van der Waals surface area contributed by atoms with Crippen molar-refractivity contribution < 1.29 is 19.2 Å². The molecule has 6 nitrogen and oxygen atoms in total. The van der Waals surface area contributed by atoms with Crippen LogP contribution in [0.15, 0.2) is 39.3 Å². The van der Waals surface area contributed by atoms with E-state index in [2.05, 4.69) is 30.9 Å². The highest BCUT2D eigenvalue weighted by molar-refractivity contribution is 9.10. The predicted molar refractivity (Wildman–Crippen MR) is 68.8 cm³/mol. The zero-order valence-corrected chi connectivity index (χ0v) is 11.2. The Morgan fingerprint density at radius 3 is 2.58 bits per heavy atom. The number of carboxylic acid groups (broad SMARTS) is 1. The fourth-order valence-corrected chi connectivity index (χ4v) is 1.62. The first-order chi connectivity index (χ1) is 9.06. The molecule has 2 aromatic rings. The first-order valence-electron chi connectivity index (χ1n) is 5.29. The zero-order chi connectivity index (χ0) is 13.8. The SMILES string of the molecule is O=C(NCc1ccc(Br)cc1)c1cc(C(=O)O)on1. The van der Waals surface area contributed by atoms with Crippen LogP contribution in [0.5, 0.6) is 0 Å². The first-order valence-corrected chi connectivity index (χ1v) is 6.08. The summed E-state index contributed by atoms with van der Waals surface area (Å²) < 4.78 is 5.45. The molecule has 1 heterocycles. The molecule has 0 saturated heterocycles. The number of benzene rings is 1. The maximum atomic E-state index is 11.7. The molecule has 0 atom stereocenters. The highest BCUT2D eigenvalue weighted by Crippen LogP contribution is 2.10. The van der Waals surface area contributed by atoms with E-state index in [4.69, 9.17) is 5.11 Å². The average molecular weight is 325 g/mol. The number of hydrogen-bond donors (Lipinski definition) is 2. The highest BCUT2D eigenvalue weighted by Gasteiger charge is 2.16. The molecule has 1 amide bonds. The summed E-state index contributed by atoms with van der Waals surface area (Å²) in [4.78, 5) is 22.3. The normalized spacial score (nSPS) is 10.2. The number of nitrogens with zero attached hydrogens (tertiary/aromatic N) is 1. The third-order valence-electron chi connectivity index (χ3n) is 2.32. The minimum absolute atomic E-state index is 0.0606. The van der Waals surface area contributed by atoms with Gasteiger partial charge in [0.1, 0.15) is 0 Å². The predicted octanol–water partition coefficient (Wildman–Crippen LogP) is 2.07. The second kappa shape index (κ2) is 5.66. The molecular formula is C12H9BrN2O4. The molecule has 2 N–H and O–H groups in total. The Hall–Kier alpha value is -2.15. The van der Waals surface area contributed by atoms with E-state index in [9.17, 15) is 9.59 Å². The Bertz CT molecular complexity index is 606. The molecule has 2 rings (SSSR count). The van der Waals surface area contributed by atoms with Crippen LogP contribution in [0, 0.1) is 0 Å². The third kappa shape index (κ3) is 3.41. The van der Waals surface area contributed by atoms with E-state index in [0.717, 1.165) is 16.1 Å². The van der Waals surface area contributed by atoms with E-state index < -0.39 is 11.9 Å². The Morgan fingerprint density at radius 2 is 2.00 bits per heavy atom. The third-order valence-corrected chi connectivity index (χ3v) is 2.85. The zero-order valence-electron chi connectivity index (χ0n) is 9.59. The van der Waals surface area contributed by atoms with Gasteiger partial charge in [0, 0.05) is 17.1 Å². The summed E-state index contributed by atoms with van der Waals surface area (Å²) in [6.07, 6.45) is 0. The number of halogens is 1. The van der Waals surface area contributed by atoms with Crippen molar-refractivity contribution >= 4 is 27.8 Å². The maximum absolute atomic E-state index is 11.7. The molecule has 0 fully saturated rings. The van der Waals surface area contributed by atoms with Crippen molar-refractivity contribution in [1.82, 2.24) is 10.5 Å². The van der Waals surface area contributed by atoms with Crippen molar-refractivity contribution in [2.45, 2.75) is 6.54 Å². The highest BCUT2D eigenvalue weighted by atomic mass is 79.9. The number of rotatable bonds is 4. The lowest BCUT2D eigenvalue weighted by molar-refractivity contribution is 0.0651. The minimum Gasteiger partial charge on any atom is -0.475 e. The average Bonchev–Trinajstić information content (AvgIpc) is 2.87. The topological polar surface area (TPSA) is 92.4 Å². The number of carbonyl (C=O) groups excluding carboxylic acids is 1. The maximum Gasteiger partial charge on any atom is 0.374 e. The molecule has 0 bridgehead atoms. The summed E-state index contributed by atoms with van der Waals surface area (Å²) in [5.41, 5.74) is 0.855. The lowest BCUT2D eigenvalue weighted by atomic mass is 10.2.